The number of aryl methyl sites for hydroxylation is 1. The predicted molar refractivity (Wildman–Crippen MR) is 101 cm³/mol. The maximum atomic E-state index is 12.1. The Labute approximate surface area is 159 Å². The third kappa shape index (κ3) is 4.14. The molecule has 0 saturated heterocycles. The molecule has 4 aromatic rings. The molecule has 28 heavy (non-hydrogen) atoms. The van der Waals surface area contributed by atoms with Gasteiger partial charge >= 0.3 is 5.69 Å². The van der Waals surface area contributed by atoms with E-state index in [1.54, 1.807) is 18.5 Å². The number of carbonyl (C=O) groups is 1. The van der Waals surface area contributed by atoms with Crippen molar-refractivity contribution < 1.29 is 9.32 Å². The predicted octanol–water partition coefficient (Wildman–Crippen LogP) is 1.94. The number of fused-ring (bicyclic) bond motifs is 1. The number of hydrogen-bond acceptors (Lipinski definition) is 6. The molecule has 9 heteroatoms. The van der Waals surface area contributed by atoms with Crippen LogP contribution < -0.4 is 11.0 Å². The molecule has 9 nitrogen and oxygen atoms in total. The number of imidazole rings is 1. The van der Waals surface area contributed by atoms with E-state index in [0.717, 1.165) is 22.2 Å². The third-order valence-electron chi connectivity index (χ3n) is 4.25. The van der Waals surface area contributed by atoms with E-state index in [9.17, 15) is 9.59 Å². The summed E-state index contributed by atoms with van der Waals surface area (Å²) in [5, 5.41) is 6.80. The topological polar surface area (TPSA) is 130 Å². The number of benzene rings is 1. The van der Waals surface area contributed by atoms with Crippen LogP contribution in [0.25, 0.3) is 22.4 Å². The van der Waals surface area contributed by atoms with E-state index in [1.165, 1.54) is 0 Å². The van der Waals surface area contributed by atoms with Crippen molar-refractivity contribution in [3.63, 3.8) is 0 Å². The lowest BCUT2D eigenvalue weighted by Gasteiger charge is -2.05. The largest absolute Gasteiger partial charge is 0.352 e. The second-order valence-electron chi connectivity index (χ2n) is 6.34. The van der Waals surface area contributed by atoms with E-state index in [2.05, 4.69) is 30.4 Å². The van der Waals surface area contributed by atoms with Gasteiger partial charge in [-0.2, -0.15) is 4.98 Å². The summed E-state index contributed by atoms with van der Waals surface area (Å²) in [6.45, 7) is 0.397. The Morgan fingerprint density at radius 1 is 1.18 bits per heavy atom. The van der Waals surface area contributed by atoms with Crippen LogP contribution in [0, 0.1) is 0 Å². The molecule has 0 unspecified atom stereocenters. The zero-order valence-electron chi connectivity index (χ0n) is 14.9. The van der Waals surface area contributed by atoms with Gasteiger partial charge in [-0.05, 0) is 36.2 Å². The molecule has 0 saturated carbocycles. The monoisotopic (exact) mass is 378 g/mol. The number of rotatable bonds is 7. The number of carbonyl (C=O) groups excluding carboxylic acids is 1. The maximum absolute atomic E-state index is 12.1. The van der Waals surface area contributed by atoms with E-state index in [0.29, 0.717) is 37.5 Å². The lowest BCUT2D eigenvalue weighted by Crippen LogP contribution is -2.22. The molecule has 0 atom stereocenters. The molecule has 1 aromatic carbocycles. The molecule has 0 radical (unpaired) electrons. The van der Waals surface area contributed by atoms with Gasteiger partial charge in [-0.15, -0.1) is 0 Å². The molecule has 3 aromatic heterocycles. The van der Waals surface area contributed by atoms with Crippen LogP contribution in [-0.4, -0.2) is 31.0 Å². The van der Waals surface area contributed by atoms with Crippen LogP contribution in [-0.2, 0) is 17.8 Å². The fourth-order valence-electron chi connectivity index (χ4n) is 2.85. The van der Waals surface area contributed by atoms with Crippen LogP contribution in [0.5, 0.6) is 0 Å². The zero-order chi connectivity index (χ0) is 19.3. The molecule has 0 aliphatic rings. The minimum Gasteiger partial charge on any atom is -0.352 e. The SMILES string of the molecule is O=C(CCCc1nc(-c2cccnc2)no1)NCc1ccc2[nH]c(=O)[nH]c2c1. The number of aromatic nitrogens is 5. The molecule has 0 aliphatic heterocycles. The Kier molecular flexibility index (Phi) is 4.96. The number of H-pyrrole nitrogens is 2. The number of nitrogens with zero attached hydrogens (tertiary/aromatic N) is 3. The molecule has 4 rings (SSSR count). The number of pyridine rings is 1. The Bertz CT molecular complexity index is 1150. The van der Waals surface area contributed by atoms with Crippen molar-refractivity contribution in [1.29, 1.82) is 0 Å². The van der Waals surface area contributed by atoms with Crippen molar-refractivity contribution in [2.24, 2.45) is 0 Å². The molecule has 142 valence electrons. The summed E-state index contributed by atoms with van der Waals surface area (Å²) in [4.78, 5) is 37.1. The highest BCUT2D eigenvalue weighted by Crippen LogP contribution is 2.15. The number of aromatic amines is 2. The first-order valence-electron chi connectivity index (χ1n) is 8.88. The summed E-state index contributed by atoms with van der Waals surface area (Å²) in [6, 6.07) is 9.18. The van der Waals surface area contributed by atoms with Gasteiger partial charge in [-0.1, -0.05) is 11.2 Å². The summed E-state index contributed by atoms with van der Waals surface area (Å²) in [5.74, 6) is 0.925. The summed E-state index contributed by atoms with van der Waals surface area (Å²) < 4.78 is 5.22. The van der Waals surface area contributed by atoms with E-state index in [1.807, 2.05) is 24.3 Å². The number of hydrogen-bond donors (Lipinski definition) is 3. The van der Waals surface area contributed by atoms with Gasteiger partial charge in [0.05, 0.1) is 11.0 Å². The second-order valence-corrected chi connectivity index (χ2v) is 6.34. The standard InChI is InChI=1S/C19H18N6O3/c26-16(21-10-12-6-7-14-15(9-12)23-19(27)22-14)4-1-5-17-24-18(25-28-17)13-3-2-8-20-11-13/h2-3,6-9,11H,1,4-5,10H2,(H,21,26)(H2,22,23,27). The second kappa shape index (κ2) is 7.87. The van der Waals surface area contributed by atoms with Gasteiger partial charge < -0.3 is 19.8 Å². The van der Waals surface area contributed by atoms with Crippen LogP contribution in [0.15, 0.2) is 52.0 Å². The Morgan fingerprint density at radius 2 is 2.07 bits per heavy atom. The van der Waals surface area contributed by atoms with Gasteiger partial charge in [-0.3, -0.25) is 9.78 Å². The van der Waals surface area contributed by atoms with Crippen molar-refractivity contribution in [1.82, 2.24) is 30.4 Å². The number of nitrogens with one attached hydrogen (secondary N) is 3. The highest BCUT2D eigenvalue weighted by atomic mass is 16.5. The zero-order valence-corrected chi connectivity index (χ0v) is 14.9. The van der Waals surface area contributed by atoms with E-state index in [-0.39, 0.29) is 11.6 Å². The van der Waals surface area contributed by atoms with Gasteiger partial charge in [-0.25, -0.2) is 4.79 Å². The first-order valence-corrected chi connectivity index (χ1v) is 8.88. The van der Waals surface area contributed by atoms with Crippen LogP contribution in [0.3, 0.4) is 0 Å². The molecular weight excluding hydrogens is 360 g/mol. The van der Waals surface area contributed by atoms with Crippen molar-refractivity contribution in [2.45, 2.75) is 25.8 Å². The Morgan fingerprint density at radius 3 is 2.93 bits per heavy atom. The first-order chi connectivity index (χ1) is 13.7. The van der Waals surface area contributed by atoms with Crippen molar-refractivity contribution in [3.8, 4) is 11.4 Å². The van der Waals surface area contributed by atoms with Crippen LogP contribution in [0.1, 0.15) is 24.3 Å². The summed E-state index contributed by atoms with van der Waals surface area (Å²) in [7, 11) is 0. The van der Waals surface area contributed by atoms with Gasteiger partial charge in [0.25, 0.3) is 0 Å². The van der Waals surface area contributed by atoms with Crippen molar-refractivity contribution in [2.75, 3.05) is 0 Å². The molecular formula is C19H18N6O3. The maximum Gasteiger partial charge on any atom is 0.323 e. The average molecular weight is 378 g/mol. The normalized spacial score (nSPS) is 11.0. The van der Waals surface area contributed by atoms with E-state index < -0.39 is 0 Å². The van der Waals surface area contributed by atoms with Crippen LogP contribution >= 0.6 is 0 Å². The van der Waals surface area contributed by atoms with Crippen LogP contribution in [0.2, 0.25) is 0 Å². The highest BCUT2D eigenvalue weighted by molar-refractivity contribution is 5.77. The van der Waals surface area contributed by atoms with Crippen molar-refractivity contribution in [3.05, 3.63) is 64.7 Å². The minimum atomic E-state index is -0.246. The molecule has 0 aliphatic carbocycles. The molecule has 1 amide bonds. The molecule has 3 heterocycles. The lowest BCUT2D eigenvalue weighted by molar-refractivity contribution is -0.121. The average Bonchev–Trinajstić information content (AvgIpc) is 3.32. The van der Waals surface area contributed by atoms with Gasteiger partial charge in [0.2, 0.25) is 17.6 Å². The lowest BCUT2D eigenvalue weighted by atomic mass is 10.2. The first kappa shape index (κ1) is 17.7. The van der Waals surface area contributed by atoms with Gasteiger partial charge in [0.1, 0.15) is 0 Å². The smallest absolute Gasteiger partial charge is 0.323 e. The summed E-state index contributed by atoms with van der Waals surface area (Å²) >= 11 is 0. The quantitative estimate of drug-likeness (QED) is 0.451. The minimum absolute atomic E-state index is 0.0605. The van der Waals surface area contributed by atoms with E-state index in [4.69, 9.17) is 4.52 Å². The molecule has 3 N–H and O–H groups in total. The third-order valence-corrected chi connectivity index (χ3v) is 4.25. The van der Waals surface area contributed by atoms with Crippen LogP contribution in [0.4, 0.5) is 0 Å². The Balaban J connectivity index is 1.24. The Hall–Kier alpha value is -3.75. The summed E-state index contributed by atoms with van der Waals surface area (Å²) in [6.07, 6.45) is 4.83. The van der Waals surface area contributed by atoms with Gasteiger partial charge in [0.15, 0.2) is 0 Å². The fraction of sp³-hybridized carbons (Fsp3) is 0.211. The molecule has 0 bridgehead atoms. The number of amides is 1. The van der Waals surface area contributed by atoms with Gasteiger partial charge in [0, 0.05) is 37.3 Å². The highest BCUT2D eigenvalue weighted by Gasteiger charge is 2.10. The molecule has 0 spiro atoms. The molecule has 0 fully saturated rings. The van der Waals surface area contributed by atoms with Crippen molar-refractivity contribution >= 4 is 16.9 Å². The fourth-order valence-corrected chi connectivity index (χ4v) is 2.85. The summed E-state index contributed by atoms with van der Waals surface area (Å²) in [5.41, 5.74) is 2.91. The van der Waals surface area contributed by atoms with E-state index >= 15 is 0 Å².